The highest BCUT2D eigenvalue weighted by atomic mass is 16.5. The van der Waals surface area contributed by atoms with Gasteiger partial charge in [0.1, 0.15) is 11.5 Å². The van der Waals surface area contributed by atoms with Gasteiger partial charge in [-0.3, -0.25) is 9.78 Å². The highest BCUT2D eigenvalue weighted by molar-refractivity contribution is 5.95. The summed E-state index contributed by atoms with van der Waals surface area (Å²) in [4.78, 5) is 16.6. The summed E-state index contributed by atoms with van der Waals surface area (Å²) in [5.41, 5.74) is 1.27. The summed E-state index contributed by atoms with van der Waals surface area (Å²) >= 11 is 0. The van der Waals surface area contributed by atoms with E-state index in [-0.39, 0.29) is 24.0 Å². The Kier molecular flexibility index (Phi) is 5.04. The van der Waals surface area contributed by atoms with Gasteiger partial charge >= 0.3 is 0 Å². The number of hydrogen-bond donors (Lipinski definition) is 2. The van der Waals surface area contributed by atoms with E-state index in [2.05, 4.69) is 10.3 Å². The van der Waals surface area contributed by atoms with Crippen molar-refractivity contribution in [3.63, 3.8) is 0 Å². The number of hydrogen-bond acceptors (Lipinski definition) is 4. The lowest BCUT2D eigenvalue weighted by Crippen LogP contribution is -2.44. The second-order valence-corrected chi connectivity index (χ2v) is 7.00. The zero-order chi connectivity index (χ0) is 17.9. The summed E-state index contributed by atoms with van der Waals surface area (Å²) in [6, 6.07) is 8.99. The molecule has 1 heterocycles. The van der Waals surface area contributed by atoms with Crippen LogP contribution in [0.1, 0.15) is 42.1 Å². The fraction of sp³-hybridized carbons (Fsp3) is 0.400. The van der Waals surface area contributed by atoms with Crippen molar-refractivity contribution >= 4 is 5.91 Å². The summed E-state index contributed by atoms with van der Waals surface area (Å²) in [6.07, 6.45) is 6.17. The summed E-state index contributed by atoms with van der Waals surface area (Å²) in [7, 11) is 0. The first kappa shape index (κ1) is 17.4. The predicted octanol–water partition coefficient (Wildman–Crippen LogP) is 3.46. The number of aromatic nitrogens is 1. The Balaban J connectivity index is 1.76. The molecule has 5 nitrogen and oxygen atoms in total. The van der Waals surface area contributed by atoms with Crippen LogP contribution in [0.25, 0.3) is 0 Å². The Labute approximate surface area is 148 Å². The minimum absolute atomic E-state index is 0.00382. The van der Waals surface area contributed by atoms with Gasteiger partial charge < -0.3 is 15.2 Å². The molecule has 2 unspecified atom stereocenters. The third-order valence-corrected chi connectivity index (χ3v) is 5.08. The van der Waals surface area contributed by atoms with E-state index in [1.807, 2.05) is 19.9 Å². The van der Waals surface area contributed by atoms with Crippen LogP contribution in [0, 0.1) is 12.3 Å². The van der Waals surface area contributed by atoms with Crippen molar-refractivity contribution in [1.82, 2.24) is 10.3 Å². The molecule has 1 aliphatic rings. The number of carbonyl (C=O) groups excluding carboxylic acids is 1. The molecule has 1 fully saturated rings. The van der Waals surface area contributed by atoms with E-state index < -0.39 is 0 Å². The minimum Gasteiger partial charge on any atom is -0.457 e. The number of aliphatic hydroxyl groups excluding tert-OH is 1. The number of aryl methyl sites for hydroxylation is 1. The SMILES string of the molecule is Cc1ccc(C(=O)NC2CCCC2(C)CO)cc1Oc1ccncc1. The van der Waals surface area contributed by atoms with Gasteiger partial charge in [0.15, 0.2) is 0 Å². The van der Waals surface area contributed by atoms with E-state index in [0.29, 0.717) is 17.1 Å². The van der Waals surface area contributed by atoms with E-state index in [9.17, 15) is 9.90 Å². The normalized spacial score (nSPS) is 22.6. The molecule has 1 aromatic carbocycles. The lowest BCUT2D eigenvalue weighted by atomic mass is 9.85. The average molecular weight is 340 g/mol. The van der Waals surface area contributed by atoms with Gasteiger partial charge in [-0.2, -0.15) is 0 Å². The maximum absolute atomic E-state index is 12.7. The van der Waals surface area contributed by atoms with Crippen LogP contribution in [0.3, 0.4) is 0 Å². The zero-order valence-corrected chi connectivity index (χ0v) is 14.7. The molecular weight excluding hydrogens is 316 g/mol. The van der Waals surface area contributed by atoms with Crippen LogP contribution in [0.5, 0.6) is 11.5 Å². The van der Waals surface area contributed by atoms with E-state index in [4.69, 9.17) is 4.74 Å². The Morgan fingerprint density at radius 2 is 2.12 bits per heavy atom. The number of benzene rings is 1. The minimum atomic E-state index is -0.239. The molecular formula is C20H24N2O3. The van der Waals surface area contributed by atoms with Gasteiger partial charge in [-0.1, -0.05) is 19.4 Å². The molecule has 3 rings (SSSR count). The third kappa shape index (κ3) is 3.82. The van der Waals surface area contributed by atoms with Crippen molar-refractivity contribution < 1.29 is 14.6 Å². The van der Waals surface area contributed by atoms with Crippen LogP contribution in [-0.4, -0.2) is 28.6 Å². The number of pyridine rings is 1. The van der Waals surface area contributed by atoms with Crippen LogP contribution in [0.2, 0.25) is 0 Å². The molecule has 0 radical (unpaired) electrons. The first-order chi connectivity index (χ1) is 12.0. The lowest BCUT2D eigenvalue weighted by molar-refractivity contribution is 0.0830. The Morgan fingerprint density at radius 1 is 1.36 bits per heavy atom. The molecule has 1 aliphatic carbocycles. The molecule has 1 aromatic heterocycles. The lowest BCUT2D eigenvalue weighted by Gasteiger charge is -2.30. The number of nitrogens with one attached hydrogen (secondary N) is 1. The highest BCUT2D eigenvalue weighted by Crippen LogP contribution is 2.37. The van der Waals surface area contributed by atoms with Crippen LogP contribution >= 0.6 is 0 Å². The molecule has 132 valence electrons. The fourth-order valence-electron chi connectivity index (χ4n) is 3.29. The van der Waals surface area contributed by atoms with Gasteiger partial charge in [-0.15, -0.1) is 0 Å². The number of aliphatic hydroxyl groups is 1. The highest BCUT2D eigenvalue weighted by Gasteiger charge is 2.39. The number of ether oxygens (including phenoxy) is 1. The standard InChI is InChI=1S/C20H24N2O3/c1-14-5-6-15(12-17(14)25-16-7-10-21-11-8-16)19(24)22-18-4-3-9-20(18,2)13-23/h5-8,10-12,18,23H,3-4,9,13H2,1-2H3,(H,22,24). The maximum Gasteiger partial charge on any atom is 0.251 e. The summed E-state index contributed by atoms with van der Waals surface area (Å²) in [6.45, 7) is 4.05. The molecule has 0 bridgehead atoms. The molecule has 2 atom stereocenters. The van der Waals surface area contributed by atoms with Crippen LogP contribution in [0.4, 0.5) is 0 Å². The second kappa shape index (κ2) is 7.23. The smallest absolute Gasteiger partial charge is 0.251 e. The van der Waals surface area contributed by atoms with Gasteiger partial charge in [-0.25, -0.2) is 0 Å². The molecule has 0 saturated heterocycles. The topological polar surface area (TPSA) is 71.5 Å². The average Bonchev–Trinajstić information content (AvgIpc) is 2.99. The Bertz CT molecular complexity index is 748. The summed E-state index contributed by atoms with van der Waals surface area (Å²) in [5.74, 6) is 1.20. The summed E-state index contributed by atoms with van der Waals surface area (Å²) < 4.78 is 5.87. The van der Waals surface area contributed by atoms with Gasteiger partial charge in [0.05, 0.1) is 6.61 Å². The molecule has 0 aliphatic heterocycles. The quantitative estimate of drug-likeness (QED) is 0.874. The van der Waals surface area contributed by atoms with Gasteiger partial charge in [0.25, 0.3) is 5.91 Å². The third-order valence-electron chi connectivity index (χ3n) is 5.08. The van der Waals surface area contributed by atoms with Crippen molar-refractivity contribution in [2.24, 2.45) is 5.41 Å². The Hall–Kier alpha value is -2.40. The molecule has 2 aromatic rings. The van der Waals surface area contributed by atoms with E-state index in [1.54, 1.807) is 36.7 Å². The van der Waals surface area contributed by atoms with E-state index in [0.717, 1.165) is 24.8 Å². The number of rotatable bonds is 5. The molecule has 5 heteroatoms. The van der Waals surface area contributed by atoms with E-state index >= 15 is 0 Å². The monoisotopic (exact) mass is 340 g/mol. The molecule has 1 saturated carbocycles. The van der Waals surface area contributed by atoms with Crippen LogP contribution in [0.15, 0.2) is 42.7 Å². The molecule has 2 N–H and O–H groups in total. The van der Waals surface area contributed by atoms with Gasteiger partial charge in [-0.05, 0) is 49.6 Å². The first-order valence-electron chi connectivity index (χ1n) is 8.62. The van der Waals surface area contributed by atoms with E-state index in [1.165, 1.54) is 0 Å². The fourth-order valence-corrected chi connectivity index (χ4v) is 3.29. The van der Waals surface area contributed by atoms with Crippen LogP contribution in [-0.2, 0) is 0 Å². The summed E-state index contributed by atoms with van der Waals surface area (Å²) in [5, 5.41) is 12.7. The zero-order valence-electron chi connectivity index (χ0n) is 14.7. The van der Waals surface area contributed by atoms with Crippen molar-refractivity contribution in [3.05, 3.63) is 53.9 Å². The molecule has 0 spiro atoms. The predicted molar refractivity (Wildman–Crippen MR) is 95.8 cm³/mol. The number of nitrogens with zero attached hydrogens (tertiary/aromatic N) is 1. The van der Waals surface area contributed by atoms with Crippen molar-refractivity contribution in [1.29, 1.82) is 0 Å². The van der Waals surface area contributed by atoms with Gasteiger partial charge in [0, 0.05) is 29.4 Å². The molecule has 25 heavy (non-hydrogen) atoms. The first-order valence-corrected chi connectivity index (χ1v) is 8.62. The second-order valence-electron chi connectivity index (χ2n) is 7.00. The maximum atomic E-state index is 12.7. The molecule has 1 amide bonds. The number of amides is 1. The largest absolute Gasteiger partial charge is 0.457 e. The van der Waals surface area contributed by atoms with Crippen molar-refractivity contribution in [2.75, 3.05) is 6.61 Å². The Morgan fingerprint density at radius 3 is 2.84 bits per heavy atom. The van der Waals surface area contributed by atoms with Gasteiger partial charge in [0.2, 0.25) is 0 Å². The van der Waals surface area contributed by atoms with Crippen molar-refractivity contribution in [2.45, 2.75) is 39.2 Å². The van der Waals surface area contributed by atoms with Crippen LogP contribution < -0.4 is 10.1 Å². The van der Waals surface area contributed by atoms with Crippen molar-refractivity contribution in [3.8, 4) is 11.5 Å². The number of carbonyl (C=O) groups is 1.